The summed E-state index contributed by atoms with van der Waals surface area (Å²) >= 11 is 0. The Morgan fingerprint density at radius 2 is 2.22 bits per heavy atom. The zero-order chi connectivity index (χ0) is 13.6. The molecule has 4 heteroatoms. The van der Waals surface area contributed by atoms with Crippen molar-refractivity contribution in [3.63, 3.8) is 0 Å². The highest BCUT2D eigenvalue weighted by atomic mass is 16.5. The summed E-state index contributed by atoms with van der Waals surface area (Å²) < 4.78 is 5.11. The summed E-state index contributed by atoms with van der Waals surface area (Å²) in [5.41, 5.74) is 0.830. The molecule has 18 heavy (non-hydrogen) atoms. The van der Waals surface area contributed by atoms with Crippen molar-refractivity contribution in [1.82, 2.24) is 4.90 Å². The van der Waals surface area contributed by atoms with Crippen molar-refractivity contribution in [2.24, 2.45) is 5.41 Å². The van der Waals surface area contributed by atoms with Crippen LogP contribution in [-0.4, -0.2) is 49.3 Å². The second kappa shape index (κ2) is 6.90. The fourth-order valence-corrected chi connectivity index (χ4v) is 2.46. The number of ether oxygens (including phenoxy) is 1. The van der Waals surface area contributed by atoms with Gasteiger partial charge in [0.15, 0.2) is 0 Å². The van der Waals surface area contributed by atoms with Crippen molar-refractivity contribution >= 4 is 5.91 Å². The summed E-state index contributed by atoms with van der Waals surface area (Å²) in [6.07, 6.45) is 4.39. The van der Waals surface area contributed by atoms with Crippen molar-refractivity contribution in [1.29, 1.82) is 0 Å². The average molecular weight is 255 g/mol. The number of methoxy groups -OCH3 is 1. The van der Waals surface area contributed by atoms with Crippen molar-refractivity contribution in [3.8, 4) is 0 Å². The third-order valence-electron chi connectivity index (χ3n) is 3.56. The summed E-state index contributed by atoms with van der Waals surface area (Å²) in [6.45, 7) is 6.02. The van der Waals surface area contributed by atoms with Gasteiger partial charge in [-0.25, -0.2) is 0 Å². The molecule has 0 saturated carbocycles. The number of hydrogen-bond acceptors (Lipinski definition) is 3. The molecule has 1 saturated heterocycles. The molecule has 1 amide bonds. The largest absolute Gasteiger partial charge is 0.396 e. The molecule has 0 aromatic carbocycles. The molecule has 1 heterocycles. The third kappa shape index (κ3) is 4.10. The monoisotopic (exact) mass is 255 g/mol. The number of hydrogen-bond donors (Lipinski definition) is 1. The first kappa shape index (κ1) is 15.2. The van der Waals surface area contributed by atoms with Crippen LogP contribution in [-0.2, 0) is 9.53 Å². The Bertz CT molecular complexity index is 310. The second-order valence-electron chi connectivity index (χ2n) is 5.49. The Kier molecular flexibility index (Phi) is 5.82. The van der Waals surface area contributed by atoms with Gasteiger partial charge in [-0.3, -0.25) is 4.79 Å². The molecule has 0 unspecified atom stereocenters. The van der Waals surface area contributed by atoms with Crippen LogP contribution < -0.4 is 0 Å². The molecule has 0 aromatic heterocycles. The highest BCUT2D eigenvalue weighted by Crippen LogP contribution is 2.33. The normalized spacial score (nSPS) is 23.9. The lowest BCUT2D eigenvalue weighted by Gasteiger charge is -2.41. The molecule has 1 rings (SSSR count). The standard InChI is InChI=1S/C14H25NO3/c1-12(2)9-13(17)15-7-4-5-14(10-15,11-16)6-8-18-3/h9,16H,4-8,10-11H2,1-3H3/t14-/m1/s1. The molecule has 4 nitrogen and oxygen atoms in total. The molecule has 0 spiro atoms. The van der Waals surface area contributed by atoms with Crippen LogP contribution in [0.3, 0.4) is 0 Å². The zero-order valence-corrected chi connectivity index (χ0v) is 11.7. The number of rotatable bonds is 5. The molecule has 0 aliphatic carbocycles. The number of carbonyl (C=O) groups excluding carboxylic acids is 1. The smallest absolute Gasteiger partial charge is 0.246 e. The van der Waals surface area contributed by atoms with Crippen LogP contribution in [0.15, 0.2) is 11.6 Å². The van der Waals surface area contributed by atoms with Gasteiger partial charge in [-0.15, -0.1) is 0 Å². The molecule has 0 aromatic rings. The summed E-state index contributed by atoms with van der Waals surface area (Å²) in [7, 11) is 1.67. The van der Waals surface area contributed by atoms with E-state index in [0.717, 1.165) is 31.4 Å². The Morgan fingerprint density at radius 3 is 2.78 bits per heavy atom. The summed E-state index contributed by atoms with van der Waals surface area (Å²) in [5, 5.41) is 9.64. The Hall–Kier alpha value is -0.870. The number of amides is 1. The maximum absolute atomic E-state index is 12.0. The van der Waals surface area contributed by atoms with Crippen molar-refractivity contribution in [3.05, 3.63) is 11.6 Å². The van der Waals surface area contributed by atoms with Crippen LogP contribution in [0, 0.1) is 5.41 Å². The first-order valence-corrected chi connectivity index (χ1v) is 6.56. The van der Waals surface area contributed by atoms with Gasteiger partial charge in [-0.05, 0) is 33.1 Å². The minimum absolute atomic E-state index is 0.0601. The Labute approximate surface area is 110 Å². The summed E-state index contributed by atoms with van der Waals surface area (Å²) in [5.74, 6) is 0.0601. The number of carbonyl (C=O) groups is 1. The van der Waals surface area contributed by atoms with E-state index in [0.29, 0.717) is 13.2 Å². The van der Waals surface area contributed by atoms with Gasteiger partial charge in [0.05, 0.1) is 6.61 Å². The number of aliphatic hydroxyl groups is 1. The van der Waals surface area contributed by atoms with Crippen molar-refractivity contribution in [2.75, 3.05) is 33.4 Å². The van der Waals surface area contributed by atoms with Crippen molar-refractivity contribution < 1.29 is 14.6 Å². The van der Waals surface area contributed by atoms with E-state index in [1.54, 1.807) is 13.2 Å². The van der Waals surface area contributed by atoms with Gasteiger partial charge in [0.1, 0.15) is 0 Å². The lowest BCUT2D eigenvalue weighted by atomic mass is 9.78. The van der Waals surface area contributed by atoms with Gasteiger partial charge in [-0.2, -0.15) is 0 Å². The van der Waals surface area contributed by atoms with E-state index in [4.69, 9.17) is 4.74 Å². The van der Waals surface area contributed by atoms with Gasteiger partial charge in [0.2, 0.25) is 5.91 Å². The number of aliphatic hydroxyl groups excluding tert-OH is 1. The van der Waals surface area contributed by atoms with E-state index < -0.39 is 0 Å². The predicted octanol–water partition coefficient (Wildman–Crippen LogP) is 1.59. The topological polar surface area (TPSA) is 49.8 Å². The molecular weight excluding hydrogens is 230 g/mol. The van der Waals surface area contributed by atoms with Gasteiger partial charge < -0.3 is 14.7 Å². The first-order chi connectivity index (χ1) is 8.53. The number of piperidine rings is 1. The van der Waals surface area contributed by atoms with Gasteiger partial charge in [0, 0.05) is 38.3 Å². The van der Waals surface area contributed by atoms with E-state index >= 15 is 0 Å². The summed E-state index contributed by atoms with van der Waals surface area (Å²) in [4.78, 5) is 13.9. The molecule has 1 N–H and O–H groups in total. The Balaban J connectivity index is 2.68. The number of allylic oxidation sites excluding steroid dienone is 1. The van der Waals surface area contributed by atoms with Gasteiger partial charge in [0.25, 0.3) is 0 Å². The van der Waals surface area contributed by atoms with Crippen LogP contribution in [0.2, 0.25) is 0 Å². The predicted molar refractivity (Wildman–Crippen MR) is 71.3 cm³/mol. The molecule has 1 atom stereocenters. The maximum Gasteiger partial charge on any atom is 0.246 e. The van der Waals surface area contributed by atoms with Gasteiger partial charge >= 0.3 is 0 Å². The van der Waals surface area contributed by atoms with Crippen molar-refractivity contribution in [2.45, 2.75) is 33.1 Å². The second-order valence-corrected chi connectivity index (χ2v) is 5.49. The molecule has 104 valence electrons. The SMILES string of the molecule is COCC[C@]1(CO)CCCN(C(=O)C=C(C)C)C1. The van der Waals surface area contributed by atoms with Crippen LogP contribution in [0.1, 0.15) is 33.1 Å². The van der Waals surface area contributed by atoms with E-state index in [1.807, 2.05) is 18.7 Å². The van der Waals surface area contributed by atoms with Crippen LogP contribution in [0.4, 0.5) is 0 Å². The van der Waals surface area contributed by atoms with E-state index in [2.05, 4.69) is 0 Å². The maximum atomic E-state index is 12.0. The Morgan fingerprint density at radius 1 is 1.50 bits per heavy atom. The van der Waals surface area contributed by atoms with Crippen LogP contribution in [0.5, 0.6) is 0 Å². The first-order valence-electron chi connectivity index (χ1n) is 6.56. The third-order valence-corrected chi connectivity index (χ3v) is 3.56. The molecule has 1 fully saturated rings. The fourth-order valence-electron chi connectivity index (χ4n) is 2.46. The van der Waals surface area contributed by atoms with Crippen LogP contribution >= 0.6 is 0 Å². The lowest BCUT2D eigenvalue weighted by Crippen LogP contribution is -2.48. The molecule has 0 bridgehead atoms. The molecule has 0 radical (unpaired) electrons. The average Bonchev–Trinajstić information content (AvgIpc) is 2.36. The van der Waals surface area contributed by atoms with E-state index in [9.17, 15) is 9.90 Å². The van der Waals surface area contributed by atoms with E-state index in [1.165, 1.54) is 0 Å². The quantitative estimate of drug-likeness (QED) is 0.759. The summed E-state index contributed by atoms with van der Waals surface area (Å²) in [6, 6.07) is 0. The lowest BCUT2D eigenvalue weighted by molar-refractivity contribution is -0.130. The highest BCUT2D eigenvalue weighted by molar-refractivity contribution is 5.88. The van der Waals surface area contributed by atoms with E-state index in [-0.39, 0.29) is 17.9 Å². The minimum Gasteiger partial charge on any atom is -0.396 e. The molecule has 1 aliphatic heterocycles. The number of nitrogens with zero attached hydrogens (tertiary/aromatic N) is 1. The minimum atomic E-state index is -0.181. The van der Waals surface area contributed by atoms with Gasteiger partial charge in [-0.1, -0.05) is 5.57 Å². The molecular formula is C14H25NO3. The zero-order valence-electron chi connectivity index (χ0n) is 11.7. The fraction of sp³-hybridized carbons (Fsp3) is 0.786. The molecule has 1 aliphatic rings. The number of likely N-dealkylation sites (tertiary alicyclic amines) is 1. The van der Waals surface area contributed by atoms with Crippen LogP contribution in [0.25, 0.3) is 0 Å². The highest BCUT2D eigenvalue weighted by Gasteiger charge is 2.35.